The minimum atomic E-state index is -1.69. The van der Waals surface area contributed by atoms with Crippen molar-refractivity contribution in [1.82, 2.24) is 0 Å². The van der Waals surface area contributed by atoms with E-state index in [1.54, 1.807) is 17.0 Å². The summed E-state index contributed by atoms with van der Waals surface area (Å²) in [4.78, 5) is 0. The van der Waals surface area contributed by atoms with Crippen molar-refractivity contribution in [2.24, 2.45) is 0 Å². The van der Waals surface area contributed by atoms with Crippen LogP contribution < -0.4 is 0 Å². The van der Waals surface area contributed by atoms with Gasteiger partial charge in [-0.15, -0.1) is 0 Å². The summed E-state index contributed by atoms with van der Waals surface area (Å²) in [6.07, 6.45) is 0. The molecule has 1 aliphatic rings. The summed E-state index contributed by atoms with van der Waals surface area (Å²) in [6, 6.07) is 0. The Morgan fingerprint density at radius 3 is 1.57 bits per heavy atom. The van der Waals surface area contributed by atoms with E-state index in [0.29, 0.717) is 0 Å². The summed E-state index contributed by atoms with van der Waals surface area (Å²) in [7, 11) is -2.50. The van der Waals surface area contributed by atoms with Gasteiger partial charge in [0, 0.05) is 0 Å². The average Bonchev–Trinajstić information content (AvgIpc) is 1.98. The van der Waals surface area contributed by atoms with Gasteiger partial charge in [-0.05, 0) is 0 Å². The first-order valence-electron chi connectivity index (χ1n) is 5.94. The fraction of sp³-hybridized carbons (Fsp3) is 1.00. The predicted molar refractivity (Wildman–Crippen MR) is 72.4 cm³/mol. The van der Waals surface area contributed by atoms with E-state index in [0.717, 1.165) is 0 Å². The molecule has 1 saturated heterocycles. The molecule has 0 spiro atoms. The molecule has 0 bridgehead atoms. The Bertz CT molecular complexity index is 194. The summed E-state index contributed by atoms with van der Waals surface area (Å²) in [6.45, 7) is 14.7. The number of rotatable bonds is 2. The van der Waals surface area contributed by atoms with Crippen LogP contribution in [0.3, 0.4) is 0 Å². The maximum atomic E-state index is 6.45. The predicted octanol–water partition coefficient (Wildman–Crippen LogP) is 3.99. The van der Waals surface area contributed by atoms with Crippen LogP contribution in [0.15, 0.2) is 0 Å². The zero-order valence-corrected chi connectivity index (χ0v) is 15.6. The Morgan fingerprint density at radius 1 is 0.929 bits per heavy atom. The zero-order valence-electron chi connectivity index (χ0n) is 10.7. The SMILES string of the molecule is C[CH2][Sn]1([CH2]C)[CH2][Si](C)(C)O[Si](C)(C)[CH2]1. The van der Waals surface area contributed by atoms with Crippen molar-refractivity contribution in [1.29, 1.82) is 0 Å². The Kier molecular flexibility index (Phi) is 4.00. The molecule has 0 aliphatic carbocycles. The third kappa shape index (κ3) is 3.09. The quantitative estimate of drug-likeness (QED) is 0.693. The van der Waals surface area contributed by atoms with E-state index >= 15 is 0 Å². The Labute approximate surface area is 95.8 Å². The molecule has 0 aromatic heterocycles. The molecule has 1 fully saturated rings. The van der Waals surface area contributed by atoms with Crippen molar-refractivity contribution >= 4 is 35.0 Å². The molecule has 4 heteroatoms. The molecule has 0 amide bonds. The number of hydrogen-bond donors (Lipinski definition) is 0. The molecule has 0 atom stereocenters. The van der Waals surface area contributed by atoms with E-state index < -0.39 is 35.0 Å². The Balaban J connectivity index is 2.90. The van der Waals surface area contributed by atoms with Crippen LogP contribution in [0.1, 0.15) is 13.8 Å². The van der Waals surface area contributed by atoms with Gasteiger partial charge in [0.1, 0.15) is 0 Å². The van der Waals surface area contributed by atoms with Crippen LogP contribution in [-0.4, -0.2) is 35.0 Å². The molecule has 84 valence electrons. The summed E-state index contributed by atoms with van der Waals surface area (Å²) in [5, 5.41) is 0. The molecule has 1 rings (SSSR count). The van der Waals surface area contributed by atoms with Crippen molar-refractivity contribution in [3.05, 3.63) is 0 Å². The van der Waals surface area contributed by atoms with Gasteiger partial charge in [-0.25, -0.2) is 0 Å². The van der Waals surface area contributed by atoms with Crippen LogP contribution in [0.5, 0.6) is 0 Å². The van der Waals surface area contributed by atoms with Crippen LogP contribution in [-0.2, 0) is 4.12 Å². The monoisotopic (exact) mass is 338 g/mol. The molecular formula is C10H26OSi2Sn. The molecule has 0 unspecified atom stereocenters. The topological polar surface area (TPSA) is 9.23 Å². The second-order valence-corrected chi connectivity index (χ2v) is 33.4. The van der Waals surface area contributed by atoms with Gasteiger partial charge in [0.2, 0.25) is 0 Å². The second kappa shape index (κ2) is 4.22. The Hall–Kier alpha value is 1.19. The van der Waals surface area contributed by atoms with Gasteiger partial charge >= 0.3 is 96.2 Å². The fourth-order valence-corrected chi connectivity index (χ4v) is 63.0. The van der Waals surface area contributed by atoms with E-state index in [9.17, 15) is 0 Å². The van der Waals surface area contributed by atoms with Crippen molar-refractivity contribution in [3.8, 4) is 0 Å². The molecule has 1 aliphatic heterocycles. The average molecular weight is 337 g/mol. The molecule has 1 nitrogen and oxygen atoms in total. The third-order valence-corrected chi connectivity index (χ3v) is 47.3. The van der Waals surface area contributed by atoms with Crippen molar-refractivity contribution in [3.63, 3.8) is 0 Å². The van der Waals surface area contributed by atoms with Crippen LogP contribution in [0.2, 0.25) is 43.2 Å². The van der Waals surface area contributed by atoms with Gasteiger partial charge in [0.15, 0.2) is 0 Å². The first kappa shape index (κ1) is 13.3. The molecular weight excluding hydrogens is 311 g/mol. The fourth-order valence-electron chi connectivity index (χ4n) is 3.44. The van der Waals surface area contributed by atoms with E-state index in [-0.39, 0.29) is 0 Å². The van der Waals surface area contributed by atoms with Gasteiger partial charge in [-0.2, -0.15) is 0 Å². The summed E-state index contributed by atoms with van der Waals surface area (Å²) in [5.74, 6) is 0. The summed E-state index contributed by atoms with van der Waals surface area (Å²) < 4.78 is 12.7. The van der Waals surface area contributed by atoms with E-state index in [1.807, 2.05) is 0 Å². The van der Waals surface area contributed by atoms with Gasteiger partial charge in [0.05, 0.1) is 0 Å². The van der Waals surface area contributed by atoms with Gasteiger partial charge in [-0.3, -0.25) is 0 Å². The van der Waals surface area contributed by atoms with Gasteiger partial charge in [-0.1, -0.05) is 0 Å². The summed E-state index contributed by atoms with van der Waals surface area (Å²) >= 11 is -1.69. The van der Waals surface area contributed by atoms with Gasteiger partial charge < -0.3 is 0 Å². The molecule has 0 radical (unpaired) electrons. The molecule has 1 heterocycles. The Morgan fingerprint density at radius 2 is 1.29 bits per heavy atom. The van der Waals surface area contributed by atoms with Crippen LogP contribution in [0.25, 0.3) is 0 Å². The molecule has 14 heavy (non-hydrogen) atoms. The van der Waals surface area contributed by atoms with Crippen LogP contribution in [0.4, 0.5) is 0 Å². The van der Waals surface area contributed by atoms with Crippen molar-refractivity contribution in [2.75, 3.05) is 0 Å². The maximum absolute atomic E-state index is 6.45. The van der Waals surface area contributed by atoms with E-state index in [2.05, 4.69) is 40.0 Å². The van der Waals surface area contributed by atoms with E-state index in [4.69, 9.17) is 4.12 Å². The van der Waals surface area contributed by atoms with Crippen molar-refractivity contribution in [2.45, 2.75) is 57.0 Å². The molecule has 0 aromatic rings. The van der Waals surface area contributed by atoms with Crippen molar-refractivity contribution < 1.29 is 4.12 Å². The molecule has 0 N–H and O–H groups in total. The molecule has 0 saturated carbocycles. The van der Waals surface area contributed by atoms with Gasteiger partial charge in [0.25, 0.3) is 0 Å². The first-order chi connectivity index (χ1) is 6.24. The normalized spacial score (nSPS) is 28.7. The van der Waals surface area contributed by atoms with Crippen LogP contribution in [0, 0.1) is 0 Å². The summed E-state index contributed by atoms with van der Waals surface area (Å²) in [5.41, 5.74) is 0. The second-order valence-electron chi connectivity index (χ2n) is 6.18. The first-order valence-corrected chi connectivity index (χ1v) is 20.2. The third-order valence-electron chi connectivity index (χ3n) is 3.65. The zero-order chi connectivity index (χ0) is 11.0. The van der Waals surface area contributed by atoms with Crippen LogP contribution >= 0.6 is 0 Å². The standard InChI is InChI=1S/C6H16OSi2.2C2H5.Sn/c1-8(2,3)7-9(4,5)6;2*1-2;/h1,4H2,2-3,5-6H3;2*1H2,2H3;. The molecule has 0 aromatic carbocycles. The minimum absolute atomic E-state index is 1.25. The van der Waals surface area contributed by atoms with E-state index in [1.165, 1.54) is 0 Å². The number of hydrogen-bond acceptors (Lipinski definition) is 1.